The molecule has 2 aliphatic heterocycles. The molecule has 0 saturated carbocycles. The van der Waals surface area contributed by atoms with Gasteiger partial charge in [-0.3, -0.25) is 0 Å². The number of para-hydroxylation sites is 4. The van der Waals surface area contributed by atoms with Crippen LogP contribution in [0.1, 0.15) is 74.9 Å². The molecule has 7 heteroatoms. The van der Waals surface area contributed by atoms with Crippen molar-refractivity contribution in [2.24, 2.45) is 0 Å². The van der Waals surface area contributed by atoms with Crippen LogP contribution in [0.25, 0.3) is 66.9 Å². The second-order valence-corrected chi connectivity index (χ2v) is 27.5. The number of ether oxygens (including phenoxy) is 1. The van der Waals surface area contributed by atoms with Gasteiger partial charge in [0.05, 0.1) is 0 Å². The van der Waals surface area contributed by atoms with Crippen LogP contribution in [0.15, 0.2) is 297 Å². The normalized spacial score (nSPS) is 13.1. The van der Waals surface area contributed by atoms with E-state index in [2.05, 4.69) is 377 Å². The fourth-order valence-corrected chi connectivity index (χ4v) is 15.2. The van der Waals surface area contributed by atoms with Crippen LogP contribution in [-0.2, 0) is 35.6 Å². The maximum atomic E-state index is 7.25. The van der Waals surface area contributed by atoms with E-state index >= 15 is 0 Å². The van der Waals surface area contributed by atoms with Gasteiger partial charge >= 0.3 is 331 Å². The molecule has 2 aromatic heterocycles. The maximum absolute atomic E-state index is 7.25. The Balaban J connectivity index is 0.919. The Morgan fingerprint density at radius 3 is 1.46 bits per heavy atom. The van der Waals surface area contributed by atoms with Gasteiger partial charge in [0.2, 0.25) is 0 Å². The smallest absolute Gasteiger partial charge is 0.310 e. The van der Waals surface area contributed by atoms with Crippen LogP contribution in [0.2, 0.25) is 0 Å². The average Bonchev–Trinajstić information content (AvgIpc) is 0.789. The summed E-state index contributed by atoms with van der Waals surface area (Å²) in [6.45, 7) is 13.7. The van der Waals surface area contributed by atoms with Gasteiger partial charge in [-0.2, -0.15) is 0 Å². The van der Waals surface area contributed by atoms with Crippen molar-refractivity contribution in [3.63, 3.8) is 0 Å². The van der Waals surface area contributed by atoms with Crippen molar-refractivity contribution >= 4 is 45.3 Å². The van der Waals surface area contributed by atoms with Crippen molar-refractivity contribution in [3.8, 4) is 67.4 Å². The zero-order chi connectivity index (χ0) is 63.9. The molecule has 0 N–H and O–H groups in total. The summed E-state index contributed by atoms with van der Waals surface area (Å²) in [5.74, 6) is 1.88. The SMILES string of the molecule is CC(C)(C)c1ccnc(N2c3[c-]c(Oc4[c-]c(-n5[c](=[Pt])n(-c6c(-c7ccccc7)cc(C(C)(C)C)cc6-c6ccccc6)c6ccccc65)ccc4)ccc3C3(c4ccccc42)c2cc(-c4ccccc4)ccc2N(c2ccccc2)c2ccc(-c4ccccc4)cc23)c1. The summed E-state index contributed by atoms with van der Waals surface area (Å²) >= 11 is 2.53. The molecular formula is C87H67N5OPt-2. The third-order valence-electron chi connectivity index (χ3n) is 18.7. The van der Waals surface area contributed by atoms with Crippen molar-refractivity contribution in [1.29, 1.82) is 0 Å². The van der Waals surface area contributed by atoms with Gasteiger partial charge < -0.3 is 4.90 Å². The number of anilines is 6. The molecular weight excluding hydrogens is 1330 g/mol. The van der Waals surface area contributed by atoms with Gasteiger partial charge in [-0.15, -0.1) is 0 Å². The molecule has 0 aliphatic carbocycles. The number of benzene rings is 12. The second kappa shape index (κ2) is 23.2. The van der Waals surface area contributed by atoms with Crippen LogP contribution in [0.5, 0.6) is 11.5 Å². The van der Waals surface area contributed by atoms with Crippen LogP contribution >= 0.6 is 0 Å². The van der Waals surface area contributed by atoms with E-state index in [1.165, 1.54) is 11.1 Å². The molecule has 14 aromatic rings. The number of pyridine rings is 1. The molecule has 4 heterocycles. The molecule has 0 atom stereocenters. The quantitative estimate of drug-likeness (QED) is 0.128. The van der Waals surface area contributed by atoms with E-state index in [-0.39, 0.29) is 10.8 Å². The van der Waals surface area contributed by atoms with E-state index in [0.717, 1.165) is 127 Å². The topological polar surface area (TPSA) is 38.5 Å². The molecule has 6 nitrogen and oxygen atoms in total. The van der Waals surface area contributed by atoms with E-state index < -0.39 is 5.41 Å². The minimum absolute atomic E-state index is 0.114. The van der Waals surface area contributed by atoms with Crippen LogP contribution in [0.4, 0.5) is 34.3 Å². The molecule has 458 valence electrons. The Hall–Kier alpha value is -10.7. The van der Waals surface area contributed by atoms with E-state index in [4.69, 9.17) is 9.72 Å². The predicted molar refractivity (Wildman–Crippen MR) is 382 cm³/mol. The van der Waals surface area contributed by atoms with Crippen molar-refractivity contribution < 1.29 is 24.1 Å². The number of rotatable bonds is 10. The van der Waals surface area contributed by atoms with Gasteiger partial charge in [-0.1, -0.05) is 130 Å². The van der Waals surface area contributed by atoms with Crippen LogP contribution in [0.3, 0.4) is 0 Å². The molecule has 16 rings (SSSR count). The number of hydrogen-bond acceptors (Lipinski definition) is 4. The Kier molecular flexibility index (Phi) is 14.4. The van der Waals surface area contributed by atoms with Crippen LogP contribution in [0, 0.1) is 15.9 Å². The zero-order valence-electron chi connectivity index (χ0n) is 53.3. The first-order valence-electron chi connectivity index (χ1n) is 32.2. The van der Waals surface area contributed by atoms with Gasteiger partial charge in [-0.25, -0.2) is 0 Å². The summed E-state index contributed by atoms with van der Waals surface area (Å²) < 4.78 is 13.0. The number of fused-ring (bicyclic) bond motifs is 9. The van der Waals surface area contributed by atoms with Gasteiger partial charge in [0.15, 0.2) is 0 Å². The molecule has 0 radical (unpaired) electrons. The van der Waals surface area contributed by atoms with Crippen molar-refractivity contribution in [1.82, 2.24) is 14.1 Å². The van der Waals surface area contributed by atoms with Crippen molar-refractivity contribution in [2.45, 2.75) is 57.8 Å². The van der Waals surface area contributed by atoms with E-state index in [0.29, 0.717) is 11.5 Å². The summed E-state index contributed by atoms with van der Waals surface area (Å²) in [5.41, 5.74) is 23.9. The molecule has 0 saturated heterocycles. The van der Waals surface area contributed by atoms with Gasteiger partial charge in [0.1, 0.15) is 0 Å². The Labute approximate surface area is 561 Å². The van der Waals surface area contributed by atoms with Gasteiger partial charge in [0.25, 0.3) is 0 Å². The first kappa shape index (κ1) is 58.4. The third kappa shape index (κ3) is 9.90. The second-order valence-electron chi connectivity index (χ2n) is 26.5. The fourth-order valence-electron chi connectivity index (χ4n) is 14.2. The first-order valence-corrected chi connectivity index (χ1v) is 33.3. The molecule has 0 fully saturated rings. The molecule has 0 bridgehead atoms. The molecule has 0 amide bonds. The Bertz CT molecular complexity index is 5130. The Morgan fingerprint density at radius 1 is 0.383 bits per heavy atom. The first-order chi connectivity index (χ1) is 45.8. The number of hydrogen-bond donors (Lipinski definition) is 0. The molecule has 94 heavy (non-hydrogen) atoms. The average molecular weight is 1390 g/mol. The van der Waals surface area contributed by atoms with Crippen LogP contribution in [-0.4, -0.2) is 14.1 Å². The Morgan fingerprint density at radius 2 is 0.883 bits per heavy atom. The minimum Gasteiger partial charge on any atom is -0.310 e. The summed E-state index contributed by atoms with van der Waals surface area (Å²) in [5, 5.41) is 0. The van der Waals surface area contributed by atoms with E-state index in [1.807, 2.05) is 12.3 Å². The molecule has 0 unspecified atom stereocenters. The summed E-state index contributed by atoms with van der Waals surface area (Å²) in [7, 11) is 0. The van der Waals surface area contributed by atoms with Gasteiger partial charge in [0, 0.05) is 23.3 Å². The van der Waals surface area contributed by atoms with Crippen molar-refractivity contribution in [2.75, 3.05) is 9.80 Å². The standard InChI is InChI=1S/C87H67N5O.Pt/c1-85(2,3)65-49-50-88-83(55-65)92-77-40-23-22-39-73(77)87(75-51-63(59-27-12-7-13-28-59)43-47-78(75)91(67-35-20-11-21-36-67)79-48-44-64(52-76(79)87)60-29-14-8-15-30-60)74-46-45-70(57-82(74)92)93-69-38-26-37-68(56-69)89-58-90(81-42-25-24-41-80(81)89)84-71(61-31-16-9-17-32-61)53-66(86(4,5)6)54-72(84)62-33-18-10-19-34-62;/h7-55H,1-6H3;/q-2;. The molecule has 2 aliphatic rings. The monoisotopic (exact) mass is 1390 g/mol. The van der Waals surface area contributed by atoms with E-state index in [1.54, 1.807) is 0 Å². The van der Waals surface area contributed by atoms with Crippen LogP contribution < -0.4 is 14.5 Å². The zero-order valence-corrected chi connectivity index (χ0v) is 55.5. The third-order valence-corrected chi connectivity index (χ3v) is 19.7. The number of imidazole rings is 1. The number of nitrogens with zero attached hydrogens (tertiary/aromatic N) is 5. The summed E-state index contributed by atoms with van der Waals surface area (Å²) in [4.78, 5) is 10.0. The fraction of sp³-hybridized carbons (Fsp3) is 0.103. The predicted octanol–water partition coefficient (Wildman–Crippen LogP) is 22.5. The molecule has 1 spiro atoms. The summed E-state index contributed by atoms with van der Waals surface area (Å²) in [6.07, 6.45) is 1.95. The van der Waals surface area contributed by atoms with E-state index in [9.17, 15) is 0 Å². The summed E-state index contributed by atoms with van der Waals surface area (Å²) in [6, 6.07) is 113. The molecule has 12 aromatic carbocycles. The minimum atomic E-state index is -0.925. The number of aromatic nitrogens is 3. The van der Waals surface area contributed by atoms with Crippen molar-refractivity contribution in [3.05, 3.63) is 347 Å². The van der Waals surface area contributed by atoms with Gasteiger partial charge in [-0.05, 0) is 75.7 Å².